The number of H-pyrrole nitrogens is 1. The van der Waals surface area contributed by atoms with Gasteiger partial charge < -0.3 is 26.7 Å². The summed E-state index contributed by atoms with van der Waals surface area (Å²) >= 11 is 14.1. The van der Waals surface area contributed by atoms with E-state index in [4.69, 9.17) is 33.9 Å². The number of aliphatic imine (C=N–C) groups is 1. The molecule has 188 valence electrons. The number of aromatic nitrogens is 2. The van der Waals surface area contributed by atoms with E-state index in [1.807, 2.05) is 17.5 Å². The number of hydrogen-bond acceptors (Lipinski definition) is 7. The molecule has 2 aliphatic rings. The van der Waals surface area contributed by atoms with Crippen LogP contribution in [0.2, 0.25) is 10.0 Å². The summed E-state index contributed by atoms with van der Waals surface area (Å²) in [5.74, 6) is 0.918. The lowest BCUT2D eigenvalue weighted by molar-refractivity contribution is 0.293. The Morgan fingerprint density at radius 1 is 1.19 bits per heavy atom. The topological polar surface area (TPSA) is 120 Å². The van der Waals surface area contributed by atoms with E-state index in [0.29, 0.717) is 49.8 Å². The number of rotatable bonds is 6. The lowest BCUT2D eigenvalue weighted by Gasteiger charge is -2.33. The van der Waals surface area contributed by atoms with Crippen LogP contribution in [0, 0.1) is 5.92 Å². The Bertz CT molecular complexity index is 1390. The molecule has 3 aromatic rings. The van der Waals surface area contributed by atoms with Gasteiger partial charge in [0, 0.05) is 19.0 Å². The SMILES string of the molecule is CNc1c(NC=Nc2c(Cl)cccc2Cl)ccc2nc(C3=CSC([C@@H]4CCCCC4N)N3)[nH]c(=O)c12. The van der Waals surface area contributed by atoms with Crippen LogP contribution in [0.4, 0.5) is 17.1 Å². The molecule has 1 aliphatic heterocycles. The second-order valence-corrected chi connectivity index (χ2v) is 10.7. The maximum Gasteiger partial charge on any atom is 0.261 e. The number of benzene rings is 2. The fourth-order valence-corrected chi connectivity index (χ4v) is 6.47. The van der Waals surface area contributed by atoms with Crippen LogP contribution in [0.15, 0.2) is 45.5 Å². The van der Waals surface area contributed by atoms with Crippen LogP contribution in [0.1, 0.15) is 31.5 Å². The number of thioether (sulfide) groups is 1. The van der Waals surface area contributed by atoms with Gasteiger partial charge in [-0.1, -0.05) is 42.1 Å². The van der Waals surface area contributed by atoms with Gasteiger partial charge >= 0.3 is 0 Å². The highest BCUT2D eigenvalue weighted by atomic mass is 35.5. The van der Waals surface area contributed by atoms with Crippen molar-refractivity contribution in [2.45, 2.75) is 37.1 Å². The Kier molecular flexibility index (Phi) is 7.43. The minimum atomic E-state index is -0.236. The molecule has 0 bridgehead atoms. The molecule has 2 unspecified atom stereocenters. The molecule has 2 aromatic carbocycles. The predicted molar refractivity (Wildman–Crippen MR) is 153 cm³/mol. The van der Waals surface area contributed by atoms with Crippen molar-refractivity contribution in [2.24, 2.45) is 16.6 Å². The van der Waals surface area contributed by atoms with Crippen molar-refractivity contribution < 1.29 is 0 Å². The number of para-hydroxylation sites is 1. The predicted octanol–water partition coefficient (Wildman–Crippen LogP) is 5.52. The monoisotopic (exact) mass is 543 g/mol. The maximum absolute atomic E-state index is 13.2. The van der Waals surface area contributed by atoms with Gasteiger partial charge in [0.25, 0.3) is 5.56 Å². The fourth-order valence-electron chi connectivity index (χ4n) is 4.78. The van der Waals surface area contributed by atoms with Gasteiger partial charge in [0.15, 0.2) is 5.82 Å². The zero-order valence-corrected chi connectivity index (χ0v) is 22.0. The number of halogens is 2. The Balaban J connectivity index is 1.39. The van der Waals surface area contributed by atoms with E-state index in [-0.39, 0.29) is 17.0 Å². The Morgan fingerprint density at radius 2 is 1.97 bits per heavy atom. The quantitative estimate of drug-likeness (QED) is 0.205. The van der Waals surface area contributed by atoms with Crippen molar-refractivity contribution in [3.63, 3.8) is 0 Å². The van der Waals surface area contributed by atoms with Crippen LogP contribution in [0.3, 0.4) is 0 Å². The van der Waals surface area contributed by atoms with Gasteiger partial charge in [0.05, 0.1) is 49.7 Å². The number of anilines is 2. The van der Waals surface area contributed by atoms with E-state index in [2.05, 4.69) is 25.9 Å². The molecule has 0 spiro atoms. The van der Waals surface area contributed by atoms with Crippen LogP contribution in [-0.4, -0.2) is 34.8 Å². The number of aromatic amines is 1. The molecule has 8 nitrogen and oxygen atoms in total. The minimum absolute atomic E-state index is 0.196. The average molecular weight is 545 g/mol. The summed E-state index contributed by atoms with van der Waals surface area (Å²) in [5.41, 5.74) is 9.29. The van der Waals surface area contributed by atoms with E-state index in [0.717, 1.165) is 18.5 Å². The largest absolute Gasteiger partial charge is 0.386 e. The summed E-state index contributed by atoms with van der Waals surface area (Å²) in [7, 11) is 1.76. The number of fused-ring (bicyclic) bond motifs is 1. The molecular formula is C25H27Cl2N7OS. The molecule has 5 rings (SSSR count). The highest BCUT2D eigenvalue weighted by molar-refractivity contribution is 8.03. The second kappa shape index (κ2) is 10.7. The van der Waals surface area contributed by atoms with Gasteiger partial charge in [0.2, 0.25) is 0 Å². The van der Waals surface area contributed by atoms with Crippen molar-refractivity contribution in [1.29, 1.82) is 0 Å². The lowest BCUT2D eigenvalue weighted by atomic mass is 9.85. The van der Waals surface area contributed by atoms with Crippen LogP contribution >= 0.6 is 35.0 Å². The van der Waals surface area contributed by atoms with Crippen molar-refractivity contribution in [1.82, 2.24) is 15.3 Å². The van der Waals surface area contributed by atoms with Crippen LogP contribution < -0.4 is 27.2 Å². The molecule has 1 aromatic heterocycles. The van der Waals surface area contributed by atoms with Crippen molar-refractivity contribution in [3.8, 4) is 0 Å². The van der Waals surface area contributed by atoms with E-state index in [1.54, 1.807) is 37.0 Å². The number of nitrogens with two attached hydrogens (primary N) is 1. The van der Waals surface area contributed by atoms with E-state index in [9.17, 15) is 4.79 Å². The van der Waals surface area contributed by atoms with Crippen LogP contribution in [-0.2, 0) is 0 Å². The first-order chi connectivity index (χ1) is 17.5. The molecule has 1 saturated carbocycles. The molecule has 11 heteroatoms. The minimum Gasteiger partial charge on any atom is -0.386 e. The summed E-state index contributed by atoms with van der Waals surface area (Å²) in [6.45, 7) is 0. The Labute approximate surface area is 223 Å². The van der Waals surface area contributed by atoms with Crippen LogP contribution in [0.5, 0.6) is 0 Å². The van der Waals surface area contributed by atoms with E-state index >= 15 is 0 Å². The molecule has 0 saturated heterocycles. The van der Waals surface area contributed by atoms with E-state index < -0.39 is 0 Å². The summed E-state index contributed by atoms with van der Waals surface area (Å²) in [6.07, 6.45) is 6.06. The molecule has 1 fully saturated rings. The molecule has 6 N–H and O–H groups in total. The average Bonchev–Trinajstić information content (AvgIpc) is 3.36. The Hall–Kier alpha value is -2.72. The summed E-state index contributed by atoms with van der Waals surface area (Å²) in [4.78, 5) is 25.2. The number of nitrogens with one attached hydrogen (secondary N) is 4. The first-order valence-corrected chi connectivity index (χ1v) is 13.5. The third-order valence-corrected chi connectivity index (χ3v) is 8.37. The lowest BCUT2D eigenvalue weighted by Crippen LogP contribution is -2.43. The maximum atomic E-state index is 13.2. The van der Waals surface area contributed by atoms with Crippen molar-refractivity contribution >= 4 is 75.0 Å². The smallest absolute Gasteiger partial charge is 0.261 e. The van der Waals surface area contributed by atoms with Crippen molar-refractivity contribution in [3.05, 3.63) is 62.0 Å². The summed E-state index contributed by atoms with van der Waals surface area (Å²) in [6, 6.07) is 9.05. The van der Waals surface area contributed by atoms with Gasteiger partial charge in [-0.2, -0.15) is 0 Å². The molecule has 1 aliphatic carbocycles. The van der Waals surface area contributed by atoms with E-state index in [1.165, 1.54) is 19.2 Å². The molecule has 2 heterocycles. The second-order valence-electron chi connectivity index (χ2n) is 8.86. The molecule has 0 amide bonds. The van der Waals surface area contributed by atoms with Crippen LogP contribution in [0.25, 0.3) is 16.6 Å². The van der Waals surface area contributed by atoms with Gasteiger partial charge in [-0.25, -0.2) is 9.98 Å². The first-order valence-electron chi connectivity index (χ1n) is 11.8. The first kappa shape index (κ1) is 25.0. The van der Waals surface area contributed by atoms with Gasteiger partial charge in [-0.15, -0.1) is 11.8 Å². The zero-order chi connectivity index (χ0) is 25.2. The highest BCUT2D eigenvalue weighted by Crippen LogP contribution is 2.37. The van der Waals surface area contributed by atoms with Crippen molar-refractivity contribution in [2.75, 3.05) is 17.7 Å². The summed E-state index contributed by atoms with van der Waals surface area (Å²) in [5, 5.41) is 13.3. The highest BCUT2D eigenvalue weighted by Gasteiger charge is 2.33. The van der Waals surface area contributed by atoms with Gasteiger partial charge in [-0.3, -0.25) is 4.79 Å². The normalized spacial score (nSPS) is 22.0. The standard InChI is InChI=1S/C25H27Cl2N7OS/c1-29-22-18(30-12-31-21-14(26)6-4-7-15(21)27)10-9-17-20(22)24(35)34-23(32-17)19-11-36-25(33-19)13-5-2-3-8-16(13)28/h4,6-7,9-13,16,25,29,33H,2-3,5,8,28H2,1H3,(H,30,31)(H,32,34,35)/t13-,16?,25?/m1/s1. The fraction of sp³-hybridized carbons (Fsp3) is 0.320. The van der Waals surface area contributed by atoms with Gasteiger partial charge in [-0.05, 0) is 42.5 Å². The number of hydrogen-bond donors (Lipinski definition) is 5. The third kappa shape index (κ3) is 4.93. The molecular weight excluding hydrogens is 517 g/mol. The summed E-state index contributed by atoms with van der Waals surface area (Å²) < 4.78 is 0. The van der Waals surface area contributed by atoms with Gasteiger partial charge in [0.1, 0.15) is 5.69 Å². The molecule has 36 heavy (non-hydrogen) atoms. The number of nitrogens with zero attached hydrogens (tertiary/aromatic N) is 2. The molecule has 0 radical (unpaired) electrons. The molecule has 3 atom stereocenters. The third-order valence-electron chi connectivity index (χ3n) is 6.62. The zero-order valence-electron chi connectivity index (χ0n) is 19.6. The Morgan fingerprint density at radius 3 is 2.72 bits per heavy atom.